The molecule has 1 rings (SSSR count). The Morgan fingerprint density at radius 3 is 2.69 bits per heavy atom. The van der Waals surface area contributed by atoms with Crippen molar-refractivity contribution in [2.75, 3.05) is 12.0 Å². The van der Waals surface area contributed by atoms with Gasteiger partial charge in [0, 0.05) is 30.0 Å². The normalized spacial score (nSPS) is 12.6. The minimum atomic E-state index is 0.0948. The van der Waals surface area contributed by atoms with Crippen LogP contribution in [0.5, 0.6) is 11.5 Å². The summed E-state index contributed by atoms with van der Waals surface area (Å²) in [6.07, 6.45) is 3.15. The predicted octanol–water partition coefficient (Wildman–Crippen LogP) is 2.33. The van der Waals surface area contributed by atoms with Crippen molar-refractivity contribution in [3.8, 4) is 11.5 Å². The lowest BCUT2D eigenvalue weighted by Gasteiger charge is -2.16. The maximum Gasteiger partial charge on any atom is 0.123 e. The van der Waals surface area contributed by atoms with Crippen LogP contribution in [0, 0.1) is 0 Å². The Bertz CT molecular complexity index is 331. The van der Waals surface area contributed by atoms with Crippen molar-refractivity contribution in [3.63, 3.8) is 0 Å². The molecule has 1 aromatic rings. The second-order valence-electron chi connectivity index (χ2n) is 3.75. The van der Waals surface area contributed by atoms with E-state index in [0.717, 1.165) is 17.7 Å². The smallest absolute Gasteiger partial charge is 0.123 e. The highest BCUT2D eigenvalue weighted by Crippen LogP contribution is 2.22. The van der Waals surface area contributed by atoms with E-state index >= 15 is 0 Å². The van der Waals surface area contributed by atoms with Gasteiger partial charge in [0.2, 0.25) is 0 Å². The van der Waals surface area contributed by atoms with Crippen LogP contribution in [0.1, 0.15) is 18.9 Å². The Labute approximate surface area is 101 Å². The van der Waals surface area contributed by atoms with Gasteiger partial charge in [-0.15, -0.1) is 0 Å². The van der Waals surface area contributed by atoms with Gasteiger partial charge in [0.1, 0.15) is 11.5 Å². The summed E-state index contributed by atoms with van der Waals surface area (Å²) in [6.45, 7) is 2.77. The maximum atomic E-state index is 9.60. The fourth-order valence-corrected chi connectivity index (χ4v) is 2.23. The number of phenols is 2. The van der Waals surface area contributed by atoms with Gasteiger partial charge in [0.05, 0.1) is 0 Å². The van der Waals surface area contributed by atoms with Crippen LogP contribution in [0.15, 0.2) is 18.2 Å². The van der Waals surface area contributed by atoms with E-state index in [1.54, 1.807) is 12.1 Å². The van der Waals surface area contributed by atoms with Crippen molar-refractivity contribution in [2.24, 2.45) is 0 Å². The molecule has 0 fully saturated rings. The highest BCUT2D eigenvalue weighted by Gasteiger charge is 2.07. The highest BCUT2D eigenvalue weighted by molar-refractivity contribution is 7.98. The third-order valence-corrected chi connectivity index (χ3v) is 3.25. The fraction of sp³-hybridized carbons (Fsp3) is 0.500. The predicted molar refractivity (Wildman–Crippen MR) is 69.1 cm³/mol. The Kier molecular flexibility index (Phi) is 5.49. The van der Waals surface area contributed by atoms with Crippen LogP contribution in [0.2, 0.25) is 0 Å². The molecule has 0 bridgehead atoms. The summed E-state index contributed by atoms with van der Waals surface area (Å²) < 4.78 is 0. The molecule has 3 nitrogen and oxygen atoms in total. The van der Waals surface area contributed by atoms with Gasteiger partial charge in [-0.25, -0.2) is 0 Å². The number of thioether (sulfide) groups is 1. The Balaban J connectivity index is 2.53. The lowest BCUT2D eigenvalue weighted by molar-refractivity contribution is 0.440. The monoisotopic (exact) mass is 241 g/mol. The van der Waals surface area contributed by atoms with Crippen LogP contribution in [-0.4, -0.2) is 28.3 Å². The summed E-state index contributed by atoms with van der Waals surface area (Å²) >= 11 is 1.81. The third-order valence-electron chi connectivity index (χ3n) is 2.51. The first-order valence-corrected chi connectivity index (χ1v) is 6.80. The number of phenolic OH excluding ortho intramolecular Hbond substituents is 2. The molecule has 0 aromatic heterocycles. The summed E-state index contributed by atoms with van der Waals surface area (Å²) in [5, 5.41) is 22.1. The number of aromatic hydroxyl groups is 2. The van der Waals surface area contributed by atoms with E-state index in [1.807, 2.05) is 11.8 Å². The molecule has 4 heteroatoms. The topological polar surface area (TPSA) is 52.5 Å². The lowest BCUT2D eigenvalue weighted by Crippen LogP contribution is -2.30. The SMILES string of the molecule is CCC(CSC)NCc1ccc(O)cc1O. The van der Waals surface area contributed by atoms with E-state index in [9.17, 15) is 5.11 Å². The van der Waals surface area contributed by atoms with Crippen molar-refractivity contribution in [1.29, 1.82) is 0 Å². The summed E-state index contributed by atoms with van der Waals surface area (Å²) in [5.41, 5.74) is 0.817. The molecule has 0 radical (unpaired) electrons. The molecule has 16 heavy (non-hydrogen) atoms. The van der Waals surface area contributed by atoms with Crippen LogP contribution in [0.25, 0.3) is 0 Å². The van der Waals surface area contributed by atoms with E-state index in [2.05, 4.69) is 18.5 Å². The van der Waals surface area contributed by atoms with Crippen molar-refractivity contribution in [2.45, 2.75) is 25.9 Å². The minimum Gasteiger partial charge on any atom is -0.508 e. The molecule has 3 N–H and O–H groups in total. The molecule has 0 aliphatic heterocycles. The molecule has 0 aliphatic rings. The van der Waals surface area contributed by atoms with Crippen molar-refractivity contribution < 1.29 is 10.2 Å². The lowest BCUT2D eigenvalue weighted by atomic mass is 10.1. The fourth-order valence-electron chi connectivity index (χ4n) is 1.48. The second-order valence-corrected chi connectivity index (χ2v) is 4.67. The quantitative estimate of drug-likeness (QED) is 0.715. The molecule has 0 amide bonds. The zero-order valence-corrected chi connectivity index (χ0v) is 10.5. The van der Waals surface area contributed by atoms with Gasteiger partial charge in [-0.2, -0.15) is 11.8 Å². The van der Waals surface area contributed by atoms with Gasteiger partial charge in [0.25, 0.3) is 0 Å². The first-order valence-electron chi connectivity index (χ1n) is 5.40. The molecular weight excluding hydrogens is 222 g/mol. The Morgan fingerprint density at radius 1 is 1.38 bits per heavy atom. The van der Waals surface area contributed by atoms with Crippen LogP contribution in [0.3, 0.4) is 0 Å². The zero-order chi connectivity index (χ0) is 12.0. The average Bonchev–Trinajstić information content (AvgIpc) is 2.26. The summed E-state index contributed by atoms with van der Waals surface area (Å²) in [5.74, 6) is 1.30. The molecule has 1 atom stereocenters. The number of hydrogen-bond donors (Lipinski definition) is 3. The van der Waals surface area contributed by atoms with E-state index in [0.29, 0.717) is 12.6 Å². The number of nitrogens with one attached hydrogen (secondary N) is 1. The first kappa shape index (κ1) is 13.2. The van der Waals surface area contributed by atoms with Crippen LogP contribution in [0.4, 0.5) is 0 Å². The van der Waals surface area contributed by atoms with Crippen LogP contribution in [-0.2, 0) is 6.54 Å². The maximum absolute atomic E-state index is 9.60. The minimum absolute atomic E-state index is 0.0948. The van der Waals surface area contributed by atoms with Gasteiger partial charge in [-0.3, -0.25) is 0 Å². The zero-order valence-electron chi connectivity index (χ0n) is 9.73. The summed E-state index contributed by atoms with van der Waals surface area (Å²) in [6, 6.07) is 5.16. The number of hydrogen-bond acceptors (Lipinski definition) is 4. The van der Waals surface area contributed by atoms with E-state index in [4.69, 9.17) is 5.11 Å². The van der Waals surface area contributed by atoms with Gasteiger partial charge in [0.15, 0.2) is 0 Å². The van der Waals surface area contributed by atoms with Crippen LogP contribution < -0.4 is 5.32 Å². The molecule has 0 aliphatic carbocycles. The van der Waals surface area contributed by atoms with E-state index in [-0.39, 0.29) is 11.5 Å². The van der Waals surface area contributed by atoms with Crippen molar-refractivity contribution in [3.05, 3.63) is 23.8 Å². The molecule has 1 unspecified atom stereocenters. The summed E-state index contributed by atoms with van der Waals surface area (Å²) in [7, 11) is 0. The highest BCUT2D eigenvalue weighted by atomic mass is 32.2. The molecule has 0 saturated carbocycles. The van der Waals surface area contributed by atoms with Gasteiger partial charge >= 0.3 is 0 Å². The Morgan fingerprint density at radius 2 is 2.12 bits per heavy atom. The number of rotatable bonds is 6. The standard InChI is InChI=1S/C12H19NO2S/c1-3-10(8-16-2)13-7-9-4-5-11(14)6-12(9)15/h4-6,10,13-15H,3,7-8H2,1-2H3. The molecule has 1 aromatic carbocycles. The molecule has 0 heterocycles. The average molecular weight is 241 g/mol. The van der Waals surface area contributed by atoms with Gasteiger partial charge < -0.3 is 15.5 Å². The van der Waals surface area contributed by atoms with Crippen LogP contribution >= 0.6 is 11.8 Å². The largest absolute Gasteiger partial charge is 0.508 e. The summed E-state index contributed by atoms with van der Waals surface area (Å²) in [4.78, 5) is 0. The van der Waals surface area contributed by atoms with Crippen molar-refractivity contribution in [1.82, 2.24) is 5.32 Å². The van der Waals surface area contributed by atoms with Gasteiger partial charge in [-0.05, 0) is 18.7 Å². The molecule has 0 saturated heterocycles. The first-order chi connectivity index (χ1) is 7.67. The van der Waals surface area contributed by atoms with Gasteiger partial charge in [-0.1, -0.05) is 13.0 Å². The second kappa shape index (κ2) is 6.66. The van der Waals surface area contributed by atoms with Crippen molar-refractivity contribution >= 4 is 11.8 Å². The van der Waals surface area contributed by atoms with E-state index in [1.165, 1.54) is 6.07 Å². The number of benzene rings is 1. The Hall–Kier alpha value is -0.870. The molecular formula is C12H19NO2S. The van der Waals surface area contributed by atoms with E-state index < -0.39 is 0 Å². The third kappa shape index (κ3) is 3.94. The molecule has 0 spiro atoms. The molecule has 90 valence electrons.